The summed E-state index contributed by atoms with van der Waals surface area (Å²) in [5, 5.41) is 52.2. The summed E-state index contributed by atoms with van der Waals surface area (Å²) in [6, 6.07) is 0. The summed E-state index contributed by atoms with van der Waals surface area (Å²) in [6.07, 6.45) is -6.39. The second-order valence-corrected chi connectivity index (χ2v) is 2.48. The van der Waals surface area contributed by atoms with Gasteiger partial charge in [0.15, 0.2) is 0 Å². The molecule has 0 spiro atoms. The van der Waals surface area contributed by atoms with Crippen molar-refractivity contribution in [2.24, 2.45) is 0 Å². The highest BCUT2D eigenvalue weighted by Gasteiger charge is 2.29. The van der Waals surface area contributed by atoms with Gasteiger partial charge in [-0.25, -0.2) is 0 Å². The van der Waals surface area contributed by atoms with Crippen LogP contribution in [0.4, 0.5) is 0 Å². The summed E-state index contributed by atoms with van der Waals surface area (Å²) < 4.78 is 0. The minimum Gasteiger partial charge on any atom is -0.394 e. The van der Waals surface area contributed by atoms with Gasteiger partial charge in [0.05, 0.1) is 13.2 Å². The molecule has 0 saturated carbocycles. The van der Waals surface area contributed by atoms with E-state index >= 15 is 0 Å². The van der Waals surface area contributed by atoms with Crippen LogP contribution < -0.4 is 0 Å². The third kappa shape index (κ3) is 3.02. The summed E-state index contributed by atoms with van der Waals surface area (Å²) in [6.45, 7) is -1.45. The molecule has 0 saturated heterocycles. The molecule has 0 rings (SSSR count). The van der Waals surface area contributed by atoms with E-state index in [1.54, 1.807) is 0 Å². The highest BCUT2D eigenvalue weighted by molar-refractivity contribution is 4.79. The van der Waals surface area contributed by atoms with E-state index in [0.29, 0.717) is 0 Å². The van der Waals surface area contributed by atoms with Crippen molar-refractivity contribution in [2.75, 3.05) is 13.2 Å². The van der Waals surface area contributed by atoms with Crippen molar-refractivity contribution >= 4 is 0 Å². The summed E-state index contributed by atoms with van der Waals surface area (Å²) in [4.78, 5) is 0. The van der Waals surface area contributed by atoms with Crippen LogP contribution in [0.5, 0.6) is 0 Å². The van der Waals surface area contributed by atoms with Crippen molar-refractivity contribution in [3.05, 3.63) is 0 Å². The van der Waals surface area contributed by atoms with Crippen LogP contribution in [0.2, 0.25) is 0 Å². The van der Waals surface area contributed by atoms with Crippen molar-refractivity contribution < 1.29 is 30.6 Å². The molecule has 0 aliphatic rings. The molecular weight excluding hydrogens is 169 g/mol. The molecule has 0 aromatic heterocycles. The van der Waals surface area contributed by atoms with E-state index in [0.717, 1.165) is 0 Å². The molecule has 0 aromatic carbocycles. The van der Waals surface area contributed by atoms with E-state index < -0.39 is 37.6 Å². The number of aliphatic hydroxyl groups is 6. The Morgan fingerprint density at radius 1 is 0.667 bits per heavy atom. The number of aliphatic hydroxyl groups excluding tert-OH is 6. The molecule has 4 atom stereocenters. The minimum atomic E-state index is -1.67. The maximum absolute atomic E-state index is 8.96. The van der Waals surface area contributed by atoms with Gasteiger partial charge in [0.25, 0.3) is 0 Å². The Bertz CT molecular complexity index is 105. The van der Waals surface area contributed by atoms with Crippen LogP contribution in [-0.4, -0.2) is 68.3 Å². The lowest BCUT2D eigenvalue weighted by Gasteiger charge is -2.24. The molecule has 0 fully saturated rings. The van der Waals surface area contributed by atoms with E-state index in [2.05, 4.69) is 0 Å². The Labute approximate surface area is 69.3 Å². The fraction of sp³-hybridized carbons (Fsp3) is 1.00. The predicted octanol–water partition coefficient (Wildman–Crippen LogP) is -3.59. The van der Waals surface area contributed by atoms with E-state index in [9.17, 15) is 0 Å². The standard InChI is InChI=1S/C6H14O6/c7-1-3(9)5(11)6(12)4(10)2-8/h3-12H,1-2H2/t3-,4+,5-,6-/m0/s1/i1+1. The fourth-order valence-electron chi connectivity index (χ4n) is 0.671. The second-order valence-electron chi connectivity index (χ2n) is 2.48. The average Bonchev–Trinajstić information content (AvgIpc) is 2.12. The van der Waals surface area contributed by atoms with Crippen LogP contribution in [0, 0.1) is 0 Å². The smallest absolute Gasteiger partial charge is 0.111 e. The van der Waals surface area contributed by atoms with Crippen LogP contribution in [-0.2, 0) is 0 Å². The number of hydrogen-bond acceptors (Lipinski definition) is 6. The molecule has 74 valence electrons. The molecule has 0 aliphatic carbocycles. The van der Waals surface area contributed by atoms with E-state index in [1.807, 2.05) is 0 Å². The minimum absolute atomic E-state index is 0.726. The van der Waals surface area contributed by atoms with Gasteiger partial charge in [-0.2, -0.15) is 0 Å². The van der Waals surface area contributed by atoms with Gasteiger partial charge in [-0.1, -0.05) is 0 Å². The van der Waals surface area contributed by atoms with Gasteiger partial charge < -0.3 is 30.6 Å². The normalized spacial score (nSPS) is 21.5. The van der Waals surface area contributed by atoms with Crippen molar-refractivity contribution in [2.45, 2.75) is 24.4 Å². The molecular formula is C6H14O6. The molecule has 6 N–H and O–H groups in total. The molecule has 12 heavy (non-hydrogen) atoms. The number of hydrogen-bond donors (Lipinski definition) is 6. The van der Waals surface area contributed by atoms with Gasteiger partial charge in [-0.05, 0) is 0 Å². The van der Waals surface area contributed by atoms with Crippen molar-refractivity contribution in [3.63, 3.8) is 0 Å². The third-order valence-electron chi connectivity index (χ3n) is 1.51. The van der Waals surface area contributed by atoms with Gasteiger partial charge in [0.1, 0.15) is 24.4 Å². The first-order valence-corrected chi connectivity index (χ1v) is 3.48. The third-order valence-corrected chi connectivity index (χ3v) is 1.51. The Balaban J connectivity index is 3.99. The first-order valence-electron chi connectivity index (χ1n) is 3.48. The van der Waals surface area contributed by atoms with Crippen LogP contribution in [0.15, 0.2) is 0 Å². The lowest BCUT2D eigenvalue weighted by Crippen LogP contribution is -2.46. The summed E-state index contributed by atoms with van der Waals surface area (Å²) >= 11 is 0. The molecule has 6 nitrogen and oxygen atoms in total. The van der Waals surface area contributed by atoms with Crippen LogP contribution in [0.1, 0.15) is 0 Å². The van der Waals surface area contributed by atoms with Gasteiger partial charge in [0.2, 0.25) is 0 Å². The molecule has 0 heterocycles. The SMILES string of the molecule is OC[C@@H](O)[C@H](O)[C@@H](O)[C@@H](O)[13CH2]O. The van der Waals surface area contributed by atoms with E-state index in [1.165, 1.54) is 0 Å². The van der Waals surface area contributed by atoms with E-state index in [-0.39, 0.29) is 0 Å². The fourth-order valence-corrected chi connectivity index (χ4v) is 0.671. The number of rotatable bonds is 5. The van der Waals surface area contributed by atoms with Gasteiger partial charge in [-0.15, -0.1) is 0 Å². The average molecular weight is 183 g/mol. The zero-order chi connectivity index (χ0) is 9.72. The molecule has 0 unspecified atom stereocenters. The lowest BCUT2D eigenvalue weighted by atomic mass is 10.1. The van der Waals surface area contributed by atoms with Gasteiger partial charge in [0, 0.05) is 0 Å². The highest BCUT2D eigenvalue weighted by Crippen LogP contribution is 2.03. The molecule has 0 amide bonds. The Morgan fingerprint density at radius 2 is 0.917 bits per heavy atom. The monoisotopic (exact) mass is 183 g/mol. The molecule has 0 radical (unpaired) electrons. The van der Waals surface area contributed by atoms with Crippen LogP contribution >= 0.6 is 0 Å². The van der Waals surface area contributed by atoms with Crippen LogP contribution in [0.25, 0.3) is 0 Å². The Kier molecular flexibility index (Phi) is 5.31. The van der Waals surface area contributed by atoms with Gasteiger partial charge >= 0.3 is 0 Å². The maximum atomic E-state index is 8.96. The topological polar surface area (TPSA) is 121 Å². The maximum Gasteiger partial charge on any atom is 0.111 e. The van der Waals surface area contributed by atoms with E-state index in [4.69, 9.17) is 30.6 Å². The largest absolute Gasteiger partial charge is 0.394 e. The molecule has 0 aliphatic heterocycles. The van der Waals surface area contributed by atoms with Crippen molar-refractivity contribution in [1.29, 1.82) is 0 Å². The second kappa shape index (κ2) is 5.41. The molecule has 0 aromatic rings. The summed E-state index contributed by atoms with van der Waals surface area (Å²) in [7, 11) is 0. The zero-order valence-electron chi connectivity index (χ0n) is 6.41. The quantitative estimate of drug-likeness (QED) is 0.245. The lowest BCUT2D eigenvalue weighted by molar-refractivity contribution is -0.123. The highest BCUT2D eigenvalue weighted by atomic mass is 16.4. The summed E-state index contributed by atoms with van der Waals surface area (Å²) in [5.41, 5.74) is 0. The predicted molar refractivity (Wildman–Crippen MR) is 38.2 cm³/mol. The first-order chi connectivity index (χ1) is 5.54. The Morgan fingerprint density at radius 3 is 1.08 bits per heavy atom. The molecule has 6 heteroatoms. The van der Waals surface area contributed by atoms with Crippen molar-refractivity contribution in [3.8, 4) is 0 Å². The van der Waals surface area contributed by atoms with Crippen LogP contribution in [0.3, 0.4) is 0 Å². The van der Waals surface area contributed by atoms with Crippen molar-refractivity contribution in [1.82, 2.24) is 0 Å². The summed E-state index contributed by atoms with van der Waals surface area (Å²) in [5.74, 6) is 0. The Hall–Kier alpha value is -0.240. The first kappa shape index (κ1) is 11.8. The molecule has 0 bridgehead atoms. The van der Waals surface area contributed by atoms with Gasteiger partial charge in [-0.3, -0.25) is 0 Å². The zero-order valence-corrected chi connectivity index (χ0v) is 6.41.